The highest BCUT2D eigenvalue weighted by molar-refractivity contribution is 6.31. The van der Waals surface area contributed by atoms with Crippen molar-refractivity contribution in [3.8, 4) is 0 Å². The molecule has 0 fully saturated rings. The van der Waals surface area contributed by atoms with Crippen molar-refractivity contribution in [1.82, 2.24) is 4.90 Å². The third-order valence-electron chi connectivity index (χ3n) is 2.47. The van der Waals surface area contributed by atoms with Crippen molar-refractivity contribution >= 4 is 28.9 Å². The first kappa shape index (κ1) is 17.5. The lowest BCUT2D eigenvalue weighted by atomic mass is 10.2. The molecule has 0 aromatic heterocycles. The highest BCUT2D eigenvalue weighted by atomic mass is 35.5. The zero-order valence-corrected chi connectivity index (χ0v) is 11.7. The van der Waals surface area contributed by atoms with Gasteiger partial charge >= 0.3 is 6.18 Å². The summed E-state index contributed by atoms with van der Waals surface area (Å²) in [7, 11) is 0. The summed E-state index contributed by atoms with van der Waals surface area (Å²) >= 11 is 5.70. The number of hydrogen-bond donors (Lipinski definition) is 3. The van der Waals surface area contributed by atoms with E-state index in [1.165, 1.54) is 18.2 Å². The van der Waals surface area contributed by atoms with E-state index in [-0.39, 0.29) is 17.9 Å². The van der Waals surface area contributed by atoms with Crippen molar-refractivity contribution in [2.75, 3.05) is 37.3 Å². The fourth-order valence-electron chi connectivity index (χ4n) is 1.65. The van der Waals surface area contributed by atoms with Gasteiger partial charge in [-0.15, -0.1) is 0 Å². The molecule has 118 valence electrons. The molecule has 9 heteroatoms. The number of carbonyl (C=O) groups excluding carboxylic acids is 1. The second-order valence-corrected chi connectivity index (χ2v) is 4.77. The number of hydrogen-bond acceptors (Lipinski definition) is 4. The van der Waals surface area contributed by atoms with E-state index in [4.69, 9.17) is 22.4 Å². The Hall–Kier alpha value is -1.51. The lowest BCUT2D eigenvalue weighted by molar-refractivity contribution is -0.148. The molecule has 0 spiro atoms. The topological polar surface area (TPSA) is 78.6 Å². The minimum absolute atomic E-state index is 0.209. The summed E-state index contributed by atoms with van der Waals surface area (Å²) in [6.07, 6.45) is -4.45. The number of alkyl halides is 3. The van der Waals surface area contributed by atoms with Gasteiger partial charge in [-0.05, 0) is 18.2 Å². The number of nitrogens with zero attached hydrogens (tertiary/aromatic N) is 1. The summed E-state index contributed by atoms with van der Waals surface area (Å²) in [6.45, 7) is -2.53. The van der Waals surface area contributed by atoms with Gasteiger partial charge in [0.2, 0.25) is 5.91 Å². The summed E-state index contributed by atoms with van der Waals surface area (Å²) in [4.78, 5) is 12.5. The quantitative estimate of drug-likeness (QED) is 0.696. The summed E-state index contributed by atoms with van der Waals surface area (Å²) in [5.74, 6) is -0.665. The van der Waals surface area contributed by atoms with Gasteiger partial charge in [0.05, 0.1) is 31.1 Å². The normalized spacial score (nSPS) is 11.7. The molecule has 5 nitrogen and oxygen atoms in total. The Morgan fingerprint density at radius 2 is 2.10 bits per heavy atom. The van der Waals surface area contributed by atoms with E-state index in [0.29, 0.717) is 5.02 Å². The number of rotatable bonds is 6. The van der Waals surface area contributed by atoms with Crippen molar-refractivity contribution in [3.63, 3.8) is 0 Å². The number of nitrogen functional groups attached to an aromatic ring is 1. The largest absolute Gasteiger partial charge is 0.401 e. The van der Waals surface area contributed by atoms with Crippen LogP contribution in [0.1, 0.15) is 0 Å². The van der Waals surface area contributed by atoms with Crippen LogP contribution in [-0.4, -0.2) is 48.3 Å². The van der Waals surface area contributed by atoms with Crippen molar-refractivity contribution in [1.29, 1.82) is 0 Å². The Morgan fingerprint density at radius 1 is 1.43 bits per heavy atom. The second kappa shape index (κ2) is 7.48. The number of amides is 1. The van der Waals surface area contributed by atoms with E-state index < -0.39 is 31.8 Å². The van der Waals surface area contributed by atoms with Crippen LogP contribution in [0, 0.1) is 0 Å². The predicted molar refractivity (Wildman–Crippen MR) is 74.1 cm³/mol. The molecular formula is C12H15ClF3N3O2. The maximum absolute atomic E-state index is 12.3. The Labute approximate surface area is 124 Å². The van der Waals surface area contributed by atoms with Crippen LogP contribution in [0.2, 0.25) is 5.02 Å². The molecule has 4 N–H and O–H groups in total. The number of halogens is 4. The van der Waals surface area contributed by atoms with Crippen LogP contribution in [0.5, 0.6) is 0 Å². The van der Waals surface area contributed by atoms with E-state index in [2.05, 4.69) is 5.32 Å². The number of carbonyl (C=O) groups is 1. The maximum Gasteiger partial charge on any atom is 0.401 e. The van der Waals surface area contributed by atoms with E-state index >= 15 is 0 Å². The Kier molecular flexibility index (Phi) is 6.25. The number of nitrogens with one attached hydrogen (secondary N) is 1. The first-order chi connectivity index (χ1) is 9.71. The van der Waals surface area contributed by atoms with Crippen molar-refractivity contribution in [2.45, 2.75) is 6.18 Å². The number of nitrogens with two attached hydrogens (primary N) is 1. The highest BCUT2D eigenvalue weighted by Crippen LogP contribution is 2.22. The average Bonchev–Trinajstić information content (AvgIpc) is 2.31. The lowest BCUT2D eigenvalue weighted by Gasteiger charge is -2.22. The molecular weight excluding hydrogens is 311 g/mol. The summed E-state index contributed by atoms with van der Waals surface area (Å²) < 4.78 is 37.0. The van der Waals surface area contributed by atoms with Gasteiger partial charge in [0.1, 0.15) is 0 Å². The van der Waals surface area contributed by atoms with Crippen LogP contribution in [0.4, 0.5) is 24.5 Å². The molecule has 0 saturated heterocycles. The zero-order chi connectivity index (χ0) is 16.0. The van der Waals surface area contributed by atoms with Gasteiger partial charge in [-0.3, -0.25) is 9.69 Å². The van der Waals surface area contributed by atoms with Crippen LogP contribution >= 0.6 is 11.6 Å². The zero-order valence-electron chi connectivity index (χ0n) is 11.0. The number of anilines is 2. The second-order valence-electron chi connectivity index (χ2n) is 4.33. The number of aliphatic hydroxyl groups excluding tert-OH is 1. The van der Waals surface area contributed by atoms with E-state index in [1.807, 2.05) is 0 Å². The van der Waals surface area contributed by atoms with Crippen LogP contribution in [0.3, 0.4) is 0 Å². The maximum atomic E-state index is 12.3. The van der Waals surface area contributed by atoms with Gasteiger partial charge in [0.15, 0.2) is 0 Å². The van der Waals surface area contributed by atoms with Gasteiger partial charge in [0, 0.05) is 11.6 Å². The monoisotopic (exact) mass is 325 g/mol. The first-order valence-electron chi connectivity index (χ1n) is 5.96. The molecule has 0 unspecified atom stereocenters. The third-order valence-corrected chi connectivity index (χ3v) is 2.71. The van der Waals surface area contributed by atoms with Gasteiger partial charge in [-0.25, -0.2) is 0 Å². The SMILES string of the molecule is Nc1cc(Cl)ccc1NC(=O)CN(CCO)CC(F)(F)F. The first-order valence-corrected chi connectivity index (χ1v) is 6.34. The van der Waals surface area contributed by atoms with Gasteiger partial charge in [-0.1, -0.05) is 11.6 Å². The van der Waals surface area contributed by atoms with E-state index in [0.717, 1.165) is 4.90 Å². The molecule has 0 radical (unpaired) electrons. The molecule has 0 heterocycles. The molecule has 1 aromatic carbocycles. The molecule has 0 aliphatic rings. The molecule has 21 heavy (non-hydrogen) atoms. The molecule has 0 atom stereocenters. The molecule has 0 aliphatic heterocycles. The fourth-order valence-corrected chi connectivity index (χ4v) is 1.83. The minimum atomic E-state index is -4.45. The Balaban J connectivity index is 2.65. The molecule has 0 aliphatic carbocycles. The predicted octanol–water partition coefficient (Wildman–Crippen LogP) is 1.72. The fraction of sp³-hybridized carbons (Fsp3) is 0.417. The Morgan fingerprint density at radius 3 is 2.62 bits per heavy atom. The minimum Gasteiger partial charge on any atom is -0.397 e. The lowest BCUT2D eigenvalue weighted by Crippen LogP contribution is -2.41. The Bertz CT molecular complexity index is 497. The van der Waals surface area contributed by atoms with Crippen LogP contribution in [-0.2, 0) is 4.79 Å². The van der Waals surface area contributed by atoms with Crippen molar-refractivity contribution in [3.05, 3.63) is 23.2 Å². The van der Waals surface area contributed by atoms with Crippen LogP contribution in [0.25, 0.3) is 0 Å². The van der Waals surface area contributed by atoms with Crippen LogP contribution < -0.4 is 11.1 Å². The third kappa shape index (κ3) is 6.65. The summed E-state index contributed by atoms with van der Waals surface area (Å²) in [5, 5.41) is 11.5. The molecule has 0 bridgehead atoms. The van der Waals surface area contributed by atoms with Gasteiger partial charge in [-0.2, -0.15) is 13.2 Å². The van der Waals surface area contributed by atoms with Crippen molar-refractivity contribution < 1.29 is 23.1 Å². The average molecular weight is 326 g/mol. The van der Waals surface area contributed by atoms with E-state index in [1.54, 1.807) is 0 Å². The number of benzene rings is 1. The van der Waals surface area contributed by atoms with Gasteiger partial charge in [0.25, 0.3) is 0 Å². The number of aliphatic hydroxyl groups is 1. The molecule has 1 rings (SSSR count). The van der Waals surface area contributed by atoms with Gasteiger partial charge < -0.3 is 16.2 Å². The summed E-state index contributed by atoms with van der Waals surface area (Å²) in [6, 6.07) is 4.36. The standard InChI is InChI=1S/C12H15ClF3N3O2/c13-8-1-2-10(9(17)5-8)18-11(21)6-19(3-4-20)7-12(14,15)16/h1-2,5,20H,3-4,6-7,17H2,(H,18,21). The van der Waals surface area contributed by atoms with E-state index in [9.17, 15) is 18.0 Å². The van der Waals surface area contributed by atoms with Crippen molar-refractivity contribution in [2.24, 2.45) is 0 Å². The molecule has 1 amide bonds. The van der Waals surface area contributed by atoms with Crippen LogP contribution in [0.15, 0.2) is 18.2 Å². The molecule has 0 saturated carbocycles. The summed E-state index contributed by atoms with van der Waals surface area (Å²) in [5.41, 5.74) is 6.10. The molecule has 1 aromatic rings. The smallest absolute Gasteiger partial charge is 0.397 e. The highest BCUT2D eigenvalue weighted by Gasteiger charge is 2.31.